The van der Waals surface area contributed by atoms with Crippen molar-refractivity contribution >= 4 is 40.2 Å². The summed E-state index contributed by atoms with van der Waals surface area (Å²) in [6, 6.07) is 15.8. The first kappa shape index (κ1) is 20.3. The number of ether oxygens (including phenoxy) is 1. The minimum absolute atomic E-state index is 0.202. The lowest BCUT2D eigenvalue weighted by molar-refractivity contribution is 0.0601. The number of furan rings is 1. The fourth-order valence-corrected chi connectivity index (χ4v) is 4.06. The Morgan fingerprint density at radius 2 is 2.00 bits per heavy atom. The van der Waals surface area contributed by atoms with Crippen molar-refractivity contribution in [2.45, 2.75) is 17.5 Å². The molecule has 2 heterocycles. The Morgan fingerprint density at radius 3 is 2.70 bits per heavy atom. The van der Waals surface area contributed by atoms with Crippen molar-refractivity contribution in [3.8, 4) is 0 Å². The second-order valence-corrected chi connectivity index (χ2v) is 7.88. The van der Waals surface area contributed by atoms with Gasteiger partial charge in [-0.2, -0.15) is 0 Å². The highest BCUT2D eigenvalue weighted by Gasteiger charge is 2.15. The zero-order valence-electron chi connectivity index (χ0n) is 16.0. The number of esters is 1. The number of benzene rings is 2. The second-order valence-electron chi connectivity index (χ2n) is 6.50. The highest BCUT2D eigenvalue weighted by Crippen LogP contribution is 2.24. The first-order chi connectivity index (χ1) is 14.5. The van der Waals surface area contributed by atoms with Crippen LogP contribution in [-0.2, 0) is 17.0 Å². The summed E-state index contributed by atoms with van der Waals surface area (Å²) in [4.78, 5) is 29.8. The minimum atomic E-state index is -0.478. The van der Waals surface area contributed by atoms with Crippen LogP contribution in [0.1, 0.15) is 21.7 Å². The largest absolute Gasteiger partial charge is 0.467 e. The van der Waals surface area contributed by atoms with Crippen LogP contribution in [0.5, 0.6) is 0 Å². The summed E-state index contributed by atoms with van der Waals surface area (Å²) >= 11 is 7.39. The molecule has 0 unspecified atom stereocenters. The van der Waals surface area contributed by atoms with Gasteiger partial charge in [-0.3, -0.25) is 9.36 Å². The van der Waals surface area contributed by atoms with Gasteiger partial charge in [0.05, 0.1) is 36.4 Å². The maximum Gasteiger partial charge on any atom is 0.337 e. The van der Waals surface area contributed by atoms with E-state index in [1.165, 1.54) is 18.9 Å². The van der Waals surface area contributed by atoms with Crippen molar-refractivity contribution in [2.75, 3.05) is 7.11 Å². The Balaban J connectivity index is 1.77. The minimum Gasteiger partial charge on any atom is -0.467 e. The molecule has 0 saturated carbocycles. The third-order valence-corrected chi connectivity index (χ3v) is 5.82. The smallest absolute Gasteiger partial charge is 0.337 e. The summed E-state index contributed by atoms with van der Waals surface area (Å²) in [5.74, 6) is 0.774. The van der Waals surface area contributed by atoms with E-state index in [4.69, 9.17) is 20.8 Å². The van der Waals surface area contributed by atoms with E-state index in [0.29, 0.717) is 38.2 Å². The number of hydrogen-bond acceptors (Lipinski definition) is 6. The van der Waals surface area contributed by atoms with E-state index in [0.717, 1.165) is 5.56 Å². The number of halogens is 1. The van der Waals surface area contributed by atoms with Gasteiger partial charge in [-0.15, -0.1) is 0 Å². The number of nitrogens with zero attached hydrogens (tertiary/aromatic N) is 2. The summed E-state index contributed by atoms with van der Waals surface area (Å²) in [7, 11) is 1.31. The molecule has 0 amide bonds. The van der Waals surface area contributed by atoms with E-state index >= 15 is 0 Å². The monoisotopic (exact) mass is 440 g/mol. The Bertz CT molecular complexity index is 1250. The number of hydrogen-bond donors (Lipinski definition) is 0. The Hall–Kier alpha value is -3.03. The van der Waals surface area contributed by atoms with Gasteiger partial charge in [0.15, 0.2) is 5.16 Å². The van der Waals surface area contributed by atoms with Crippen molar-refractivity contribution in [3.05, 3.63) is 93.1 Å². The van der Waals surface area contributed by atoms with Crippen LogP contribution >= 0.6 is 23.4 Å². The molecule has 0 fully saturated rings. The Morgan fingerprint density at radius 1 is 1.20 bits per heavy atom. The normalized spacial score (nSPS) is 11.0. The first-order valence-corrected chi connectivity index (χ1v) is 10.4. The van der Waals surface area contributed by atoms with Crippen LogP contribution in [0.4, 0.5) is 0 Å². The molecule has 0 spiro atoms. The third kappa shape index (κ3) is 4.27. The SMILES string of the molecule is COC(=O)c1ccc2c(=O)n(Cc3ccco3)c(SCc3ccc(Cl)cc3)nc2c1. The van der Waals surface area contributed by atoms with E-state index in [-0.39, 0.29) is 12.1 Å². The zero-order valence-corrected chi connectivity index (χ0v) is 17.6. The quantitative estimate of drug-likeness (QED) is 0.244. The third-order valence-electron chi connectivity index (χ3n) is 4.52. The fraction of sp³-hybridized carbons (Fsp3) is 0.136. The number of methoxy groups -OCH3 is 1. The first-order valence-electron chi connectivity index (χ1n) is 9.07. The van der Waals surface area contributed by atoms with Gasteiger partial charge in [0, 0.05) is 10.8 Å². The van der Waals surface area contributed by atoms with Crippen molar-refractivity contribution in [1.29, 1.82) is 0 Å². The van der Waals surface area contributed by atoms with Crippen LogP contribution in [0.3, 0.4) is 0 Å². The molecule has 6 nitrogen and oxygen atoms in total. The van der Waals surface area contributed by atoms with Gasteiger partial charge in [-0.25, -0.2) is 9.78 Å². The van der Waals surface area contributed by atoms with Crippen LogP contribution in [0.2, 0.25) is 5.02 Å². The molecule has 0 N–H and O–H groups in total. The van der Waals surface area contributed by atoms with Crippen LogP contribution in [-0.4, -0.2) is 22.6 Å². The molecular weight excluding hydrogens is 424 g/mol. The van der Waals surface area contributed by atoms with E-state index in [2.05, 4.69) is 4.98 Å². The number of thioether (sulfide) groups is 1. The molecule has 0 aliphatic rings. The molecule has 4 rings (SSSR count). The number of carbonyl (C=O) groups excluding carboxylic acids is 1. The van der Waals surface area contributed by atoms with Crippen molar-refractivity contribution in [1.82, 2.24) is 9.55 Å². The van der Waals surface area contributed by atoms with Crippen LogP contribution in [0, 0.1) is 0 Å². The van der Waals surface area contributed by atoms with Crippen LogP contribution < -0.4 is 5.56 Å². The number of fused-ring (bicyclic) bond motifs is 1. The summed E-state index contributed by atoms with van der Waals surface area (Å²) in [5, 5.41) is 1.61. The van der Waals surface area contributed by atoms with Gasteiger partial charge in [-0.1, -0.05) is 35.5 Å². The molecule has 30 heavy (non-hydrogen) atoms. The average molecular weight is 441 g/mol. The van der Waals surface area contributed by atoms with E-state index in [9.17, 15) is 9.59 Å². The van der Waals surface area contributed by atoms with Gasteiger partial charge in [0.1, 0.15) is 5.76 Å². The number of carbonyl (C=O) groups is 1. The second kappa shape index (κ2) is 8.77. The fourth-order valence-electron chi connectivity index (χ4n) is 2.98. The lowest BCUT2D eigenvalue weighted by Gasteiger charge is -2.13. The molecule has 0 bridgehead atoms. The standard InChI is InChI=1S/C22H17ClN2O4S/c1-28-21(27)15-6-9-18-19(11-15)24-22(30-13-14-4-7-16(23)8-5-14)25(20(18)26)12-17-3-2-10-29-17/h2-11H,12-13H2,1H3. The molecular formula is C22H17ClN2O4S. The highest BCUT2D eigenvalue weighted by molar-refractivity contribution is 7.98. The molecule has 0 saturated heterocycles. The summed E-state index contributed by atoms with van der Waals surface area (Å²) < 4.78 is 11.8. The molecule has 0 aliphatic heterocycles. The zero-order chi connectivity index (χ0) is 21.1. The maximum atomic E-state index is 13.2. The lowest BCUT2D eigenvalue weighted by atomic mass is 10.1. The van der Waals surface area contributed by atoms with Gasteiger partial charge in [0.25, 0.3) is 5.56 Å². The average Bonchev–Trinajstić information content (AvgIpc) is 3.28. The summed E-state index contributed by atoms with van der Waals surface area (Å²) in [6.07, 6.45) is 1.57. The molecule has 2 aromatic carbocycles. The van der Waals surface area contributed by atoms with Crippen LogP contribution in [0.15, 0.2) is 75.2 Å². The molecule has 8 heteroatoms. The highest BCUT2D eigenvalue weighted by atomic mass is 35.5. The molecule has 0 aliphatic carbocycles. The van der Waals surface area contributed by atoms with Gasteiger partial charge in [-0.05, 0) is 48.0 Å². The van der Waals surface area contributed by atoms with Crippen LogP contribution in [0.25, 0.3) is 10.9 Å². The molecule has 0 radical (unpaired) electrons. The Labute approximate surface area is 181 Å². The molecule has 0 atom stereocenters. The van der Waals surface area contributed by atoms with Crippen molar-refractivity contribution in [3.63, 3.8) is 0 Å². The maximum absolute atomic E-state index is 13.2. The number of aromatic nitrogens is 2. The van der Waals surface area contributed by atoms with Gasteiger partial charge >= 0.3 is 5.97 Å². The number of rotatable bonds is 6. The van der Waals surface area contributed by atoms with Crippen molar-refractivity contribution in [2.24, 2.45) is 0 Å². The van der Waals surface area contributed by atoms with Crippen molar-refractivity contribution < 1.29 is 13.9 Å². The van der Waals surface area contributed by atoms with Gasteiger partial charge in [0.2, 0.25) is 0 Å². The van der Waals surface area contributed by atoms with Gasteiger partial charge < -0.3 is 9.15 Å². The topological polar surface area (TPSA) is 74.3 Å². The van der Waals surface area contributed by atoms with E-state index in [1.807, 2.05) is 30.3 Å². The summed E-state index contributed by atoms with van der Waals surface area (Å²) in [6.45, 7) is 0.260. The van der Waals surface area contributed by atoms with E-state index in [1.54, 1.807) is 35.1 Å². The predicted molar refractivity (Wildman–Crippen MR) is 116 cm³/mol. The lowest BCUT2D eigenvalue weighted by Crippen LogP contribution is -2.24. The Kier molecular flexibility index (Phi) is 5.92. The molecule has 4 aromatic rings. The van der Waals surface area contributed by atoms with E-state index < -0.39 is 5.97 Å². The molecule has 2 aromatic heterocycles. The molecule has 152 valence electrons. The predicted octanol–water partition coefficient (Wildman–Crippen LogP) is 4.77. The summed E-state index contributed by atoms with van der Waals surface area (Å²) in [5.41, 5.74) is 1.63.